The number of nitro groups is 1. The molecule has 1 aromatic carbocycles. The number of aromatic nitrogens is 2. The summed E-state index contributed by atoms with van der Waals surface area (Å²) in [6.45, 7) is 3.68. The Balaban J connectivity index is 1.51. The molecule has 3 aliphatic rings. The highest BCUT2D eigenvalue weighted by Gasteiger charge is 2.59. The van der Waals surface area contributed by atoms with Gasteiger partial charge >= 0.3 is 0 Å². The molecule has 2 fully saturated rings. The lowest BCUT2D eigenvalue weighted by molar-refractivity contribution is -0.383. The maximum Gasteiger partial charge on any atom is 0.294 e. The monoisotopic (exact) mass is 407 g/mol. The van der Waals surface area contributed by atoms with Gasteiger partial charge in [-0.05, 0) is 44.2 Å². The van der Waals surface area contributed by atoms with Gasteiger partial charge < -0.3 is 5.32 Å². The van der Waals surface area contributed by atoms with Crippen molar-refractivity contribution in [2.75, 3.05) is 10.2 Å². The molecule has 0 unspecified atom stereocenters. The molecule has 2 heterocycles. The van der Waals surface area contributed by atoms with Crippen molar-refractivity contribution in [3.8, 4) is 0 Å². The van der Waals surface area contributed by atoms with Crippen LogP contribution in [-0.2, 0) is 16.6 Å². The number of nitrogens with zero attached hydrogens (tertiary/aromatic N) is 4. The fourth-order valence-corrected chi connectivity index (χ4v) is 5.16. The van der Waals surface area contributed by atoms with Crippen molar-refractivity contribution in [2.24, 2.45) is 30.7 Å². The summed E-state index contributed by atoms with van der Waals surface area (Å²) in [5.41, 5.74) is 2.58. The Hall–Kier alpha value is -3.49. The third-order valence-electron chi connectivity index (χ3n) is 6.68. The molecule has 2 aliphatic carbocycles. The quantitative estimate of drug-likeness (QED) is 0.361. The predicted molar refractivity (Wildman–Crippen MR) is 109 cm³/mol. The molecule has 2 aromatic rings. The van der Waals surface area contributed by atoms with E-state index < -0.39 is 4.92 Å². The van der Waals surface area contributed by atoms with E-state index in [4.69, 9.17) is 0 Å². The molecular weight excluding hydrogens is 386 g/mol. The number of nitro benzene ring substituents is 1. The number of nitrogens with one attached hydrogen (secondary N) is 1. The van der Waals surface area contributed by atoms with Gasteiger partial charge in [-0.3, -0.25) is 24.4 Å². The molecule has 9 nitrogen and oxygen atoms in total. The van der Waals surface area contributed by atoms with Crippen molar-refractivity contribution in [1.82, 2.24) is 9.78 Å². The maximum atomic E-state index is 13.0. The number of hydrogen-bond donors (Lipinski definition) is 1. The molecule has 154 valence electrons. The van der Waals surface area contributed by atoms with Gasteiger partial charge in [0.1, 0.15) is 5.69 Å². The van der Waals surface area contributed by atoms with Crippen LogP contribution < -0.4 is 10.2 Å². The molecule has 0 spiro atoms. The fourth-order valence-electron chi connectivity index (χ4n) is 5.16. The fraction of sp³-hybridized carbons (Fsp3) is 0.381. The minimum absolute atomic E-state index is 0.0916. The van der Waals surface area contributed by atoms with E-state index in [-0.39, 0.29) is 52.5 Å². The SMILES string of the molecule is Cc1nn(C)c(C)c1Nc1ccc(N2C(=O)[C@@H]3[C@H](C2=O)[C@H]2C=C[C@H]3C2)cc1[N+](=O)[O-]. The molecule has 4 atom stereocenters. The minimum Gasteiger partial charge on any atom is -0.347 e. The van der Waals surface area contributed by atoms with Crippen molar-refractivity contribution in [1.29, 1.82) is 0 Å². The van der Waals surface area contributed by atoms with E-state index in [1.807, 2.05) is 26.0 Å². The molecule has 1 saturated carbocycles. The Morgan fingerprint density at radius 3 is 2.30 bits per heavy atom. The van der Waals surface area contributed by atoms with Crippen molar-refractivity contribution in [2.45, 2.75) is 20.3 Å². The molecule has 30 heavy (non-hydrogen) atoms. The molecule has 5 rings (SSSR count). The molecule has 1 saturated heterocycles. The lowest BCUT2D eigenvalue weighted by Gasteiger charge is -2.18. The Morgan fingerprint density at radius 1 is 1.13 bits per heavy atom. The van der Waals surface area contributed by atoms with E-state index in [1.165, 1.54) is 6.07 Å². The topological polar surface area (TPSA) is 110 Å². The third kappa shape index (κ3) is 2.44. The van der Waals surface area contributed by atoms with Gasteiger partial charge in [-0.15, -0.1) is 0 Å². The van der Waals surface area contributed by atoms with Crippen LogP contribution in [0.2, 0.25) is 0 Å². The molecule has 2 amide bonds. The first-order valence-corrected chi connectivity index (χ1v) is 9.89. The van der Waals surface area contributed by atoms with Gasteiger partial charge in [-0.25, -0.2) is 4.90 Å². The molecule has 0 radical (unpaired) electrons. The number of imide groups is 1. The molecule has 1 N–H and O–H groups in total. The number of aryl methyl sites for hydroxylation is 2. The standard InChI is InChI=1S/C21H21N5O4/c1-10-19(11(2)24(3)23-10)22-15-7-6-14(9-16(15)26(29)30)25-20(27)17-12-4-5-13(8-12)18(17)21(25)28/h4-7,9,12-13,17-18,22H,8H2,1-3H3/t12-,13-,17-,18+/m0/s1. The zero-order valence-corrected chi connectivity index (χ0v) is 16.8. The van der Waals surface area contributed by atoms with Crippen LogP contribution >= 0.6 is 0 Å². The average Bonchev–Trinajstić information content (AvgIpc) is 3.43. The lowest BCUT2D eigenvalue weighted by atomic mass is 9.85. The Labute approximate surface area is 172 Å². The Kier molecular flexibility index (Phi) is 3.86. The minimum atomic E-state index is -0.510. The number of carbonyl (C=O) groups excluding carboxylic acids is 2. The summed E-state index contributed by atoms with van der Waals surface area (Å²) in [7, 11) is 1.80. The molecular formula is C21H21N5O4. The highest BCUT2D eigenvalue weighted by atomic mass is 16.6. The largest absolute Gasteiger partial charge is 0.347 e. The van der Waals surface area contributed by atoms with Crippen LogP contribution in [0.4, 0.5) is 22.7 Å². The first-order chi connectivity index (χ1) is 14.3. The third-order valence-corrected chi connectivity index (χ3v) is 6.68. The second-order valence-corrected chi connectivity index (χ2v) is 8.26. The van der Waals surface area contributed by atoms with Gasteiger partial charge in [-0.1, -0.05) is 12.2 Å². The summed E-state index contributed by atoms with van der Waals surface area (Å²) in [5, 5.41) is 19.2. The predicted octanol–water partition coefficient (Wildman–Crippen LogP) is 3.00. The van der Waals surface area contributed by atoms with Crippen LogP contribution in [0, 0.1) is 47.6 Å². The normalized spacial score (nSPS) is 26.6. The van der Waals surface area contributed by atoms with Crippen molar-refractivity contribution in [3.63, 3.8) is 0 Å². The van der Waals surface area contributed by atoms with Gasteiger partial charge in [-0.2, -0.15) is 5.10 Å². The number of fused-ring (bicyclic) bond motifs is 5. The summed E-state index contributed by atoms with van der Waals surface area (Å²) in [4.78, 5) is 38.4. The first kappa shape index (κ1) is 18.5. The highest BCUT2D eigenvalue weighted by Crippen LogP contribution is 2.53. The van der Waals surface area contributed by atoms with Crippen LogP contribution in [0.1, 0.15) is 17.8 Å². The van der Waals surface area contributed by atoms with E-state index in [2.05, 4.69) is 10.4 Å². The summed E-state index contributed by atoms with van der Waals surface area (Å²) >= 11 is 0. The van der Waals surface area contributed by atoms with Crippen molar-refractivity contribution < 1.29 is 14.5 Å². The lowest BCUT2D eigenvalue weighted by Crippen LogP contribution is -2.32. The number of amides is 2. The van der Waals surface area contributed by atoms with Crippen LogP contribution in [-0.4, -0.2) is 26.5 Å². The Morgan fingerprint density at radius 2 is 1.77 bits per heavy atom. The van der Waals surface area contributed by atoms with Gasteiger partial charge in [0, 0.05) is 13.1 Å². The summed E-state index contributed by atoms with van der Waals surface area (Å²) < 4.78 is 1.69. The molecule has 9 heteroatoms. The van der Waals surface area contributed by atoms with Gasteiger partial charge in [0.15, 0.2) is 0 Å². The van der Waals surface area contributed by atoms with Crippen LogP contribution in [0.25, 0.3) is 0 Å². The van der Waals surface area contributed by atoms with Crippen molar-refractivity contribution in [3.05, 3.63) is 51.9 Å². The van der Waals surface area contributed by atoms with Gasteiger partial charge in [0.2, 0.25) is 11.8 Å². The van der Waals surface area contributed by atoms with E-state index in [1.54, 1.807) is 23.9 Å². The zero-order chi connectivity index (χ0) is 21.3. The zero-order valence-electron chi connectivity index (χ0n) is 16.8. The first-order valence-electron chi connectivity index (χ1n) is 9.89. The van der Waals surface area contributed by atoms with Gasteiger partial charge in [0.05, 0.1) is 39.5 Å². The Bertz CT molecular complexity index is 1120. The smallest absolute Gasteiger partial charge is 0.294 e. The maximum absolute atomic E-state index is 13.0. The van der Waals surface area contributed by atoms with E-state index in [0.29, 0.717) is 11.4 Å². The number of allylic oxidation sites excluding steroid dienone is 2. The summed E-state index contributed by atoms with van der Waals surface area (Å²) in [5.74, 6) is -1.01. The van der Waals surface area contributed by atoms with Crippen LogP contribution in [0.15, 0.2) is 30.4 Å². The van der Waals surface area contributed by atoms with Crippen LogP contribution in [0.3, 0.4) is 0 Å². The summed E-state index contributed by atoms with van der Waals surface area (Å²) in [6.07, 6.45) is 4.89. The average molecular weight is 407 g/mol. The molecule has 1 aliphatic heterocycles. The second-order valence-electron chi connectivity index (χ2n) is 8.26. The summed E-state index contributed by atoms with van der Waals surface area (Å²) in [6, 6.07) is 4.43. The van der Waals surface area contributed by atoms with Crippen LogP contribution in [0.5, 0.6) is 0 Å². The van der Waals surface area contributed by atoms with E-state index >= 15 is 0 Å². The van der Waals surface area contributed by atoms with Crippen molar-refractivity contribution >= 4 is 34.6 Å². The van der Waals surface area contributed by atoms with E-state index in [9.17, 15) is 19.7 Å². The number of rotatable bonds is 4. The van der Waals surface area contributed by atoms with E-state index in [0.717, 1.165) is 17.0 Å². The highest BCUT2D eigenvalue weighted by molar-refractivity contribution is 6.23. The number of carbonyl (C=O) groups is 2. The number of hydrogen-bond acceptors (Lipinski definition) is 6. The molecule has 1 aromatic heterocycles. The molecule has 2 bridgehead atoms. The second kappa shape index (κ2) is 6.25. The number of benzene rings is 1. The number of anilines is 3. The van der Waals surface area contributed by atoms with Gasteiger partial charge in [0.25, 0.3) is 5.69 Å².